The molecular weight excluding hydrogens is 386 g/mol. The lowest BCUT2D eigenvalue weighted by molar-refractivity contribution is -0.384. The van der Waals surface area contributed by atoms with Crippen molar-refractivity contribution in [2.45, 2.75) is 13.8 Å². The van der Waals surface area contributed by atoms with Gasteiger partial charge in [-0.3, -0.25) is 19.5 Å². The number of imidazole rings is 1. The fraction of sp³-hybridized carbons (Fsp3) is 0.300. The first-order valence-electron chi connectivity index (χ1n) is 9.55. The Morgan fingerprint density at radius 2 is 1.77 bits per heavy atom. The summed E-state index contributed by atoms with van der Waals surface area (Å²) in [5.41, 5.74) is 2.21. The second kappa shape index (κ2) is 7.90. The number of aryl methyl sites for hydroxylation is 1. The summed E-state index contributed by atoms with van der Waals surface area (Å²) in [6, 6.07) is 7.75. The Bertz CT molecular complexity index is 1100. The van der Waals surface area contributed by atoms with Gasteiger partial charge in [-0.1, -0.05) is 6.07 Å². The number of nitrogens with zero attached hydrogens (tertiary/aromatic N) is 7. The number of piperazine rings is 1. The van der Waals surface area contributed by atoms with E-state index in [1.165, 1.54) is 24.5 Å². The number of anilines is 1. The molecule has 0 bridgehead atoms. The molecule has 0 saturated carbocycles. The zero-order valence-corrected chi connectivity index (χ0v) is 16.7. The molecule has 10 nitrogen and oxygen atoms in total. The van der Waals surface area contributed by atoms with E-state index < -0.39 is 4.92 Å². The van der Waals surface area contributed by atoms with Gasteiger partial charge in [0.15, 0.2) is 0 Å². The van der Waals surface area contributed by atoms with Crippen LogP contribution in [0.2, 0.25) is 0 Å². The molecule has 1 aromatic carbocycles. The van der Waals surface area contributed by atoms with Crippen LogP contribution in [0.1, 0.15) is 21.7 Å². The zero-order chi connectivity index (χ0) is 21.3. The molecule has 0 aliphatic carbocycles. The van der Waals surface area contributed by atoms with Crippen LogP contribution in [-0.2, 0) is 0 Å². The molecule has 2 aromatic heterocycles. The highest BCUT2D eigenvalue weighted by Gasteiger charge is 2.24. The van der Waals surface area contributed by atoms with Gasteiger partial charge in [0.05, 0.1) is 10.6 Å². The van der Waals surface area contributed by atoms with E-state index in [0.717, 1.165) is 23.0 Å². The van der Waals surface area contributed by atoms with E-state index in [1.807, 2.05) is 24.5 Å². The van der Waals surface area contributed by atoms with Crippen molar-refractivity contribution in [3.05, 3.63) is 70.1 Å². The Balaban J connectivity index is 1.45. The largest absolute Gasteiger partial charge is 0.353 e. The third kappa shape index (κ3) is 3.71. The van der Waals surface area contributed by atoms with E-state index in [0.29, 0.717) is 31.7 Å². The van der Waals surface area contributed by atoms with Crippen LogP contribution in [0.25, 0.3) is 5.82 Å². The van der Waals surface area contributed by atoms with Crippen molar-refractivity contribution in [2.75, 3.05) is 31.1 Å². The molecule has 1 saturated heterocycles. The highest BCUT2D eigenvalue weighted by atomic mass is 16.6. The molecular formula is C20H21N7O3. The van der Waals surface area contributed by atoms with Crippen molar-refractivity contribution >= 4 is 17.4 Å². The molecule has 1 aliphatic rings. The van der Waals surface area contributed by atoms with Gasteiger partial charge in [0.1, 0.15) is 24.3 Å². The van der Waals surface area contributed by atoms with Crippen molar-refractivity contribution in [1.82, 2.24) is 24.4 Å². The quantitative estimate of drug-likeness (QED) is 0.481. The van der Waals surface area contributed by atoms with Crippen molar-refractivity contribution in [3.8, 4) is 5.82 Å². The third-order valence-electron chi connectivity index (χ3n) is 5.33. The number of aromatic nitrogens is 4. The number of non-ortho nitro benzene ring substituents is 1. The third-order valence-corrected chi connectivity index (χ3v) is 5.33. The molecule has 0 unspecified atom stereocenters. The standard InChI is InChI=1S/C20H21N7O3/c1-14-15(2)26(13-23-14)19-11-18(21-12-22-19)24-6-8-25(9-7-24)20(28)16-4-3-5-17(10-16)27(29)30/h3-5,10-13H,6-9H2,1-2H3. The average molecular weight is 407 g/mol. The Morgan fingerprint density at radius 3 is 2.43 bits per heavy atom. The average Bonchev–Trinajstić information content (AvgIpc) is 3.12. The summed E-state index contributed by atoms with van der Waals surface area (Å²) in [5, 5.41) is 11.0. The van der Waals surface area contributed by atoms with Gasteiger partial charge < -0.3 is 9.80 Å². The van der Waals surface area contributed by atoms with Gasteiger partial charge in [-0.25, -0.2) is 15.0 Å². The summed E-state index contributed by atoms with van der Waals surface area (Å²) in [6.45, 7) is 6.17. The first-order valence-corrected chi connectivity index (χ1v) is 9.55. The summed E-state index contributed by atoms with van der Waals surface area (Å²) in [4.78, 5) is 40.1. The van der Waals surface area contributed by atoms with Crippen LogP contribution in [0.15, 0.2) is 43.0 Å². The summed E-state index contributed by atoms with van der Waals surface area (Å²) < 4.78 is 1.92. The molecule has 10 heteroatoms. The zero-order valence-electron chi connectivity index (χ0n) is 16.7. The summed E-state index contributed by atoms with van der Waals surface area (Å²) in [7, 11) is 0. The molecule has 154 valence electrons. The lowest BCUT2D eigenvalue weighted by Crippen LogP contribution is -2.49. The highest BCUT2D eigenvalue weighted by molar-refractivity contribution is 5.95. The van der Waals surface area contributed by atoms with Crippen LogP contribution in [0, 0.1) is 24.0 Å². The van der Waals surface area contributed by atoms with Gasteiger partial charge >= 0.3 is 0 Å². The number of carbonyl (C=O) groups excluding carboxylic acids is 1. The van der Waals surface area contributed by atoms with E-state index >= 15 is 0 Å². The molecule has 0 spiro atoms. The number of carbonyl (C=O) groups is 1. The number of amides is 1. The number of nitro benzene ring substituents is 1. The van der Waals surface area contributed by atoms with E-state index in [2.05, 4.69) is 19.9 Å². The fourth-order valence-electron chi connectivity index (χ4n) is 3.45. The van der Waals surface area contributed by atoms with Crippen molar-refractivity contribution in [1.29, 1.82) is 0 Å². The lowest BCUT2D eigenvalue weighted by Gasteiger charge is -2.35. The van der Waals surface area contributed by atoms with E-state index in [4.69, 9.17) is 0 Å². The minimum absolute atomic E-state index is 0.0852. The second-order valence-electron chi connectivity index (χ2n) is 7.11. The van der Waals surface area contributed by atoms with E-state index in [-0.39, 0.29) is 11.6 Å². The SMILES string of the molecule is Cc1ncn(-c2cc(N3CCN(C(=O)c4cccc([N+](=O)[O-])c4)CC3)ncn2)c1C. The first kappa shape index (κ1) is 19.5. The van der Waals surface area contributed by atoms with Crippen LogP contribution < -0.4 is 4.90 Å². The van der Waals surface area contributed by atoms with Gasteiger partial charge in [-0.05, 0) is 19.9 Å². The van der Waals surface area contributed by atoms with E-state index in [1.54, 1.807) is 17.3 Å². The van der Waals surface area contributed by atoms with Gasteiger partial charge in [-0.2, -0.15) is 0 Å². The van der Waals surface area contributed by atoms with E-state index in [9.17, 15) is 14.9 Å². The van der Waals surface area contributed by atoms with Crippen LogP contribution in [0.5, 0.6) is 0 Å². The molecule has 3 aromatic rings. The Hall–Kier alpha value is -3.82. The number of rotatable bonds is 4. The normalized spacial score (nSPS) is 14.1. The van der Waals surface area contributed by atoms with Crippen LogP contribution >= 0.6 is 0 Å². The fourth-order valence-corrected chi connectivity index (χ4v) is 3.45. The Morgan fingerprint density at radius 1 is 1.03 bits per heavy atom. The number of hydrogen-bond donors (Lipinski definition) is 0. The monoisotopic (exact) mass is 407 g/mol. The summed E-state index contributed by atoms with van der Waals surface area (Å²) >= 11 is 0. The van der Waals surface area contributed by atoms with Gasteiger partial charge in [0, 0.05) is 55.6 Å². The van der Waals surface area contributed by atoms with Gasteiger partial charge in [0.25, 0.3) is 11.6 Å². The molecule has 4 rings (SSSR count). The van der Waals surface area contributed by atoms with Crippen molar-refractivity contribution in [2.24, 2.45) is 0 Å². The predicted molar refractivity (Wildman–Crippen MR) is 110 cm³/mol. The van der Waals surface area contributed by atoms with Crippen molar-refractivity contribution in [3.63, 3.8) is 0 Å². The first-order chi connectivity index (χ1) is 14.4. The number of hydrogen-bond acceptors (Lipinski definition) is 7. The van der Waals surface area contributed by atoms with Crippen LogP contribution in [-0.4, -0.2) is 61.4 Å². The van der Waals surface area contributed by atoms with Crippen molar-refractivity contribution < 1.29 is 9.72 Å². The molecule has 0 atom stereocenters. The van der Waals surface area contributed by atoms with Crippen LogP contribution in [0.3, 0.4) is 0 Å². The smallest absolute Gasteiger partial charge is 0.270 e. The maximum absolute atomic E-state index is 12.7. The van der Waals surface area contributed by atoms with Crippen LogP contribution in [0.4, 0.5) is 11.5 Å². The molecule has 0 radical (unpaired) electrons. The lowest BCUT2D eigenvalue weighted by atomic mass is 10.1. The number of nitro groups is 1. The minimum Gasteiger partial charge on any atom is -0.353 e. The second-order valence-corrected chi connectivity index (χ2v) is 7.11. The maximum Gasteiger partial charge on any atom is 0.270 e. The summed E-state index contributed by atoms with van der Waals surface area (Å²) in [5.74, 6) is 1.33. The molecule has 1 aliphatic heterocycles. The summed E-state index contributed by atoms with van der Waals surface area (Å²) in [6.07, 6.45) is 3.27. The molecule has 0 N–H and O–H groups in total. The maximum atomic E-state index is 12.7. The van der Waals surface area contributed by atoms with Gasteiger partial charge in [-0.15, -0.1) is 0 Å². The Labute approximate surface area is 173 Å². The minimum atomic E-state index is -0.495. The highest BCUT2D eigenvalue weighted by Crippen LogP contribution is 2.20. The Kier molecular flexibility index (Phi) is 5.13. The topological polar surface area (TPSA) is 110 Å². The molecule has 1 fully saturated rings. The predicted octanol–water partition coefficient (Wildman–Crippen LogP) is 2.15. The molecule has 1 amide bonds. The molecule has 3 heterocycles. The molecule has 30 heavy (non-hydrogen) atoms. The number of benzene rings is 1. The van der Waals surface area contributed by atoms with Gasteiger partial charge in [0.2, 0.25) is 0 Å².